The van der Waals surface area contributed by atoms with Crippen LogP contribution >= 0.6 is 11.6 Å². The fourth-order valence-electron chi connectivity index (χ4n) is 3.29. The predicted octanol–water partition coefficient (Wildman–Crippen LogP) is 0.608. The maximum atomic E-state index is 12.7. The third-order valence-electron chi connectivity index (χ3n) is 4.76. The molecule has 1 fully saturated rings. The molecule has 0 unspecified atom stereocenters. The van der Waals surface area contributed by atoms with Gasteiger partial charge in [0.1, 0.15) is 11.4 Å². The first-order chi connectivity index (χ1) is 12.7. The average molecular weight is 415 g/mol. The van der Waals surface area contributed by atoms with E-state index in [2.05, 4.69) is 5.10 Å². The molecule has 1 aliphatic heterocycles. The van der Waals surface area contributed by atoms with Gasteiger partial charge in [-0.15, -0.1) is 0 Å². The van der Waals surface area contributed by atoms with Crippen LogP contribution in [-0.2, 0) is 16.7 Å². The third kappa shape index (κ3) is 3.98. The molecule has 2 heterocycles. The molecule has 0 atom stereocenters. The Balaban J connectivity index is 1.68. The molecular formula is C16H21ClN5O4S+. The van der Waals surface area contributed by atoms with E-state index in [-0.39, 0.29) is 10.6 Å². The van der Waals surface area contributed by atoms with Crippen molar-refractivity contribution in [3.8, 4) is 0 Å². The van der Waals surface area contributed by atoms with Gasteiger partial charge in [0, 0.05) is 5.02 Å². The molecule has 2 aromatic rings. The van der Waals surface area contributed by atoms with Crippen LogP contribution < -0.4 is 4.90 Å². The second kappa shape index (κ2) is 7.55. The smallest absolute Gasteiger partial charge is 0.312 e. The molecule has 1 aliphatic rings. The molecule has 0 bridgehead atoms. The van der Waals surface area contributed by atoms with Gasteiger partial charge in [0.15, 0.2) is 6.67 Å². The van der Waals surface area contributed by atoms with E-state index >= 15 is 0 Å². The number of hydrogen-bond acceptors (Lipinski definition) is 5. The number of benzene rings is 1. The van der Waals surface area contributed by atoms with Crippen LogP contribution in [0.3, 0.4) is 0 Å². The zero-order valence-corrected chi connectivity index (χ0v) is 16.6. The summed E-state index contributed by atoms with van der Waals surface area (Å²) in [6.07, 6.45) is 0. The fourth-order valence-corrected chi connectivity index (χ4v) is 5.04. The summed E-state index contributed by atoms with van der Waals surface area (Å²) >= 11 is 5.91. The zero-order chi connectivity index (χ0) is 19.8. The summed E-state index contributed by atoms with van der Waals surface area (Å²) in [5.74, 6) is 0. The minimum absolute atomic E-state index is 0.0385. The largest absolute Gasteiger partial charge is 0.314 e. The number of halogens is 1. The van der Waals surface area contributed by atoms with E-state index in [1.807, 2.05) is 0 Å². The summed E-state index contributed by atoms with van der Waals surface area (Å²) in [5.41, 5.74) is 0.939. The van der Waals surface area contributed by atoms with Gasteiger partial charge >= 0.3 is 5.69 Å². The highest BCUT2D eigenvalue weighted by Crippen LogP contribution is 2.21. The maximum Gasteiger partial charge on any atom is 0.312 e. The van der Waals surface area contributed by atoms with Crippen molar-refractivity contribution >= 4 is 27.3 Å². The van der Waals surface area contributed by atoms with Crippen LogP contribution in [0.2, 0.25) is 5.02 Å². The highest BCUT2D eigenvalue weighted by molar-refractivity contribution is 7.89. The molecule has 27 heavy (non-hydrogen) atoms. The Kier molecular flexibility index (Phi) is 5.52. The SMILES string of the molecule is Cc1nn(C[NH+]2CCN(S(=O)(=O)c3cccc(Cl)c3)CC2)c(C)c1[N+](=O)[O-]. The number of quaternary nitrogens is 1. The van der Waals surface area contributed by atoms with Crippen LogP contribution in [0.5, 0.6) is 0 Å². The highest BCUT2D eigenvalue weighted by Gasteiger charge is 2.31. The number of sulfonamides is 1. The molecule has 0 amide bonds. The Morgan fingerprint density at radius 1 is 1.30 bits per heavy atom. The van der Waals surface area contributed by atoms with Crippen molar-refractivity contribution in [3.63, 3.8) is 0 Å². The summed E-state index contributed by atoms with van der Waals surface area (Å²) in [6.45, 7) is 5.67. The van der Waals surface area contributed by atoms with Gasteiger partial charge in [0.2, 0.25) is 10.0 Å². The number of hydrogen-bond donors (Lipinski definition) is 1. The Hall–Kier alpha value is -2.01. The number of nitrogens with one attached hydrogen (secondary N) is 1. The van der Waals surface area contributed by atoms with Crippen molar-refractivity contribution in [2.75, 3.05) is 26.2 Å². The molecule has 1 N–H and O–H groups in total. The quantitative estimate of drug-likeness (QED) is 0.570. The van der Waals surface area contributed by atoms with Crippen molar-refractivity contribution in [2.45, 2.75) is 25.4 Å². The predicted molar refractivity (Wildman–Crippen MR) is 99.3 cm³/mol. The molecule has 1 aromatic carbocycles. The summed E-state index contributed by atoms with van der Waals surface area (Å²) in [7, 11) is -3.58. The van der Waals surface area contributed by atoms with Crippen LogP contribution in [0.1, 0.15) is 11.4 Å². The molecule has 146 valence electrons. The van der Waals surface area contributed by atoms with Gasteiger partial charge in [0.05, 0.1) is 36.0 Å². The minimum Gasteiger partial charge on any atom is -0.314 e. The van der Waals surface area contributed by atoms with Crippen LogP contribution in [-0.4, -0.2) is 53.6 Å². The van der Waals surface area contributed by atoms with E-state index in [4.69, 9.17) is 11.6 Å². The van der Waals surface area contributed by atoms with Gasteiger partial charge in [0.25, 0.3) is 0 Å². The maximum absolute atomic E-state index is 12.7. The van der Waals surface area contributed by atoms with Gasteiger partial charge in [-0.3, -0.25) is 10.1 Å². The van der Waals surface area contributed by atoms with Crippen molar-refractivity contribution in [2.24, 2.45) is 0 Å². The van der Waals surface area contributed by atoms with E-state index in [0.717, 1.165) is 4.90 Å². The Morgan fingerprint density at radius 2 is 1.96 bits per heavy atom. The molecule has 1 saturated heterocycles. The van der Waals surface area contributed by atoms with Crippen molar-refractivity contribution in [1.29, 1.82) is 0 Å². The average Bonchev–Trinajstić information content (AvgIpc) is 2.89. The van der Waals surface area contributed by atoms with E-state index < -0.39 is 14.9 Å². The standard InChI is InChI=1S/C16H20ClN5O4S/c1-12-16(22(23)24)13(2)21(18-12)11-19-6-8-20(9-7-19)27(25,26)15-5-3-4-14(17)10-15/h3-5,10H,6-9,11H2,1-2H3/p+1. The van der Waals surface area contributed by atoms with Crippen LogP contribution in [0.4, 0.5) is 5.69 Å². The fraction of sp³-hybridized carbons (Fsp3) is 0.438. The van der Waals surface area contributed by atoms with E-state index in [1.165, 1.54) is 16.4 Å². The molecule has 11 heteroatoms. The first-order valence-corrected chi connectivity index (χ1v) is 10.3. The van der Waals surface area contributed by atoms with Crippen LogP contribution in [0.25, 0.3) is 0 Å². The van der Waals surface area contributed by atoms with E-state index in [1.54, 1.807) is 30.7 Å². The van der Waals surface area contributed by atoms with Crippen molar-refractivity contribution < 1.29 is 18.2 Å². The first-order valence-electron chi connectivity index (χ1n) is 8.48. The van der Waals surface area contributed by atoms with Crippen LogP contribution in [0, 0.1) is 24.0 Å². The van der Waals surface area contributed by atoms with Crippen molar-refractivity contribution in [3.05, 3.63) is 50.8 Å². The Bertz CT molecular complexity index is 967. The van der Waals surface area contributed by atoms with Gasteiger partial charge in [-0.1, -0.05) is 17.7 Å². The molecule has 9 nitrogen and oxygen atoms in total. The molecular weight excluding hydrogens is 394 g/mol. The van der Waals surface area contributed by atoms with Gasteiger partial charge < -0.3 is 4.90 Å². The lowest BCUT2D eigenvalue weighted by Crippen LogP contribution is -3.14. The van der Waals surface area contributed by atoms with E-state index in [9.17, 15) is 18.5 Å². The summed E-state index contributed by atoms with van der Waals surface area (Å²) in [6, 6.07) is 6.24. The number of piperazine rings is 1. The molecule has 0 aliphatic carbocycles. The Morgan fingerprint density at radius 3 is 2.52 bits per heavy atom. The first kappa shape index (κ1) is 19.7. The summed E-state index contributed by atoms with van der Waals surface area (Å²) in [4.78, 5) is 12.0. The van der Waals surface area contributed by atoms with Gasteiger partial charge in [-0.2, -0.15) is 9.40 Å². The second-order valence-electron chi connectivity index (χ2n) is 6.55. The third-order valence-corrected chi connectivity index (χ3v) is 6.89. The lowest BCUT2D eigenvalue weighted by atomic mass is 10.3. The molecule has 0 saturated carbocycles. The Labute approximate surface area is 162 Å². The van der Waals surface area contributed by atoms with Gasteiger partial charge in [-0.25, -0.2) is 13.1 Å². The normalized spacial score (nSPS) is 16.6. The summed E-state index contributed by atoms with van der Waals surface area (Å²) < 4.78 is 28.6. The highest BCUT2D eigenvalue weighted by atomic mass is 35.5. The minimum atomic E-state index is -3.58. The van der Waals surface area contributed by atoms with Crippen molar-refractivity contribution in [1.82, 2.24) is 14.1 Å². The number of aryl methyl sites for hydroxylation is 1. The lowest BCUT2D eigenvalue weighted by molar-refractivity contribution is -0.926. The molecule has 0 radical (unpaired) electrons. The zero-order valence-electron chi connectivity index (χ0n) is 15.1. The molecule has 0 spiro atoms. The molecule has 1 aromatic heterocycles. The number of rotatable bonds is 5. The lowest BCUT2D eigenvalue weighted by Gasteiger charge is -2.31. The van der Waals surface area contributed by atoms with Crippen LogP contribution in [0.15, 0.2) is 29.2 Å². The second-order valence-corrected chi connectivity index (χ2v) is 8.92. The topological polar surface area (TPSA) is 103 Å². The number of nitrogens with zero attached hydrogens (tertiary/aromatic N) is 4. The van der Waals surface area contributed by atoms with Gasteiger partial charge in [-0.05, 0) is 32.0 Å². The number of aromatic nitrogens is 2. The van der Waals surface area contributed by atoms with E-state index in [0.29, 0.717) is 49.3 Å². The number of nitro groups is 1. The monoisotopic (exact) mass is 414 g/mol. The summed E-state index contributed by atoms with van der Waals surface area (Å²) in [5, 5.41) is 15.8. The molecule has 3 rings (SSSR count).